The van der Waals surface area contributed by atoms with E-state index in [9.17, 15) is 0 Å². The Kier molecular flexibility index (Phi) is 2.58. The van der Waals surface area contributed by atoms with Crippen molar-refractivity contribution in [2.75, 3.05) is 0 Å². The molecule has 0 saturated heterocycles. The molecule has 1 atom stereocenters. The lowest BCUT2D eigenvalue weighted by Gasteiger charge is -2.02. The second kappa shape index (κ2) is 3.87. The summed E-state index contributed by atoms with van der Waals surface area (Å²) >= 11 is 7.27. The Morgan fingerprint density at radius 2 is 2.29 bits per heavy atom. The highest BCUT2D eigenvalue weighted by Gasteiger charge is 2.15. The Morgan fingerprint density at radius 3 is 2.79 bits per heavy atom. The molecule has 0 bridgehead atoms. The van der Waals surface area contributed by atoms with Gasteiger partial charge in [0, 0.05) is 17.3 Å². The summed E-state index contributed by atoms with van der Waals surface area (Å²) < 4.78 is 0.718. The summed E-state index contributed by atoms with van der Waals surface area (Å²) in [6.45, 7) is 0. The molecule has 0 spiro atoms. The van der Waals surface area contributed by atoms with E-state index in [1.165, 1.54) is 11.3 Å². The van der Waals surface area contributed by atoms with Gasteiger partial charge in [0.2, 0.25) is 0 Å². The summed E-state index contributed by atoms with van der Waals surface area (Å²) in [5.74, 6) is -0.209. The quantitative estimate of drug-likeness (QED) is 0.831. The zero-order valence-corrected chi connectivity index (χ0v) is 8.77. The third-order valence-electron chi connectivity index (χ3n) is 1.96. The van der Waals surface area contributed by atoms with Crippen LogP contribution in [0.4, 0.5) is 0 Å². The molecule has 0 aliphatic rings. The number of halogens is 1. The van der Waals surface area contributed by atoms with E-state index in [-0.39, 0.29) is 5.92 Å². The van der Waals surface area contributed by atoms with E-state index >= 15 is 0 Å². The van der Waals surface area contributed by atoms with Gasteiger partial charge in [0.15, 0.2) is 0 Å². The van der Waals surface area contributed by atoms with Crippen LogP contribution >= 0.6 is 22.9 Å². The molecule has 0 radical (unpaired) electrons. The number of rotatable bonds is 2. The number of aromatic amines is 1. The number of aromatic nitrogens is 1. The van der Waals surface area contributed by atoms with Gasteiger partial charge in [0.1, 0.15) is 5.92 Å². The van der Waals surface area contributed by atoms with Crippen molar-refractivity contribution in [1.82, 2.24) is 4.98 Å². The Bertz CT molecular complexity index is 453. The van der Waals surface area contributed by atoms with Crippen molar-refractivity contribution >= 4 is 22.9 Å². The molecule has 0 aromatic carbocycles. The topological polar surface area (TPSA) is 39.6 Å². The number of hydrogen-bond acceptors (Lipinski definition) is 2. The van der Waals surface area contributed by atoms with Gasteiger partial charge in [-0.05, 0) is 23.8 Å². The van der Waals surface area contributed by atoms with Crippen LogP contribution in [0.25, 0.3) is 0 Å². The molecule has 1 unspecified atom stereocenters. The smallest absolute Gasteiger partial charge is 0.107 e. The van der Waals surface area contributed by atoms with Crippen LogP contribution in [0.15, 0.2) is 30.6 Å². The highest BCUT2D eigenvalue weighted by Crippen LogP contribution is 2.31. The van der Waals surface area contributed by atoms with Gasteiger partial charge in [0.25, 0.3) is 0 Å². The fraction of sp³-hybridized carbons (Fsp3) is 0.100. The summed E-state index contributed by atoms with van der Waals surface area (Å²) in [4.78, 5) is 3.93. The van der Waals surface area contributed by atoms with Gasteiger partial charge in [-0.2, -0.15) is 5.26 Å². The molecule has 4 heteroatoms. The first kappa shape index (κ1) is 9.32. The number of H-pyrrole nitrogens is 1. The van der Waals surface area contributed by atoms with Crippen LogP contribution in [0.5, 0.6) is 0 Å². The summed E-state index contributed by atoms with van der Waals surface area (Å²) in [7, 11) is 0. The minimum Gasteiger partial charge on any atom is -0.367 e. The molecule has 0 aliphatic heterocycles. The number of nitrogens with one attached hydrogen (secondary N) is 1. The molecule has 1 N–H and O–H groups in total. The first-order valence-electron chi connectivity index (χ1n) is 4.09. The maximum absolute atomic E-state index is 9.06. The predicted molar refractivity (Wildman–Crippen MR) is 57.6 cm³/mol. The third kappa shape index (κ3) is 1.67. The van der Waals surface area contributed by atoms with Gasteiger partial charge in [0.05, 0.1) is 10.4 Å². The largest absolute Gasteiger partial charge is 0.367 e. The van der Waals surface area contributed by atoms with E-state index in [4.69, 9.17) is 16.9 Å². The highest BCUT2D eigenvalue weighted by atomic mass is 35.5. The fourth-order valence-corrected chi connectivity index (χ4v) is 2.44. The summed E-state index contributed by atoms with van der Waals surface area (Å²) in [5.41, 5.74) is 0.978. The van der Waals surface area contributed by atoms with Gasteiger partial charge < -0.3 is 4.98 Å². The van der Waals surface area contributed by atoms with Gasteiger partial charge in [-0.1, -0.05) is 11.6 Å². The predicted octanol–water partition coefficient (Wildman–Crippen LogP) is 3.39. The normalized spacial score (nSPS) is 12.3. The number of nitriles is 1. The molecule has 2 aromatic heterocycles. The van der Waals surface area contributed by atoms with E-state index in [1.807, 2.05) is 30.6 Å². The first-order chi connectivity index (χ1) is 6.81. The van der Waals surface area contributed by atoms with E-state index < -0.39 is 0 Å². The van der Waals surface area contributed by atoms with E-state index in [0.29, 0.717) is 0 Å². The number of thiophene rings is 1. The Labute approximate surface area is 90.8 Å². The molecule has 0 amide bonds. The molecular formula is C10H7ClN2S. The van der Waals surface area contributed by atoms with Gasteiger partial charge in [-0.3, -0.25) is 0 Å². The minimum absolute atomic E-state index is 0.209. The zero-order chi connectivity index (χ0) is 9.97. The van der Waals surface area contributed by atoms with Crippen molar-refractivity contribution in [3.8, 4) is 6.07 Å². The summed E-state index contributed by atoms with van der Waals surface area (Å²) in [5, 5.41) is 9.06. The standard InChI is InChI=1S/C10H7ClN2S/c11-10-2-1-9(14-10)8(5-12)7-3-4-13-6-7/h1-4,6,8,13H. The molecule has 2 nitrogen and oxygen atoms in total. The minimum atomic E-state index is -0.209. The zero-order valence-electron chi connectivity index (χ0n) is 7.20. The van der Waals surface area contributed by atoms with E-state index in [1.54, 1.807) is 0 Å². The van der Waals surface area contributed by atoms with Crippen molar-refractivity contribution in [2.45, 2.75) is 5.92 Å². The molecule has 2 aromatic rings. The van der Waals surface area contributed by atoms with Crippen LogP contribution in [-0.2, 0) is 0 Å². The van der Waals surface area contributed by atoms with E-state index in [2.05, 4.69) is 11.1 Å². The average Bonchev–Trinajstić information content (AvgIpc) is 2.79. The van der Waals surface area contributed by atoms with Crippen molar-refractivity contribution in [1.29, 1.82) is 5.26 Å². The van der Waals surface area contributed by atoms with Crippen molar-refractivity contribution < 1.29 is 0 Å². The van der Waals surface area contributed by atoms with Crippen molar-refractivity contribution in [3.63, 3.8) is 0 Å². The molecule has 2 rings (SSSR count). The van der Waals surface area contributed by atoms with Crippen LogP contribution in [0, 0.1) is 11.3 Å². The highest BCUT2D eigenvalue weighted by molar-refractivity contribution is 7.16. The Hall–Kier alpha value is -1.24. The number of nitrogens with zero attached hydrogens (tertiary/aromatic N) is 1. The molecule has 2 heterocycles. The Balaban J connectivity index is 2.37. The molecule has 0 aliphatic carbocycles. The maximum atomic E-state index is 9.06. The lowest BCUT2D eigenvalue weighted by Crippen LogP contribution is -1.92. The van der Waals surface area contributed by atoms with Crippen LogP contribution < -0.4 is 0 Å². The van der Waals surface area contributed by atoms with Crippen LogP contribution in [0.3, 0.4) is 0 Å². The first-order valence-corrected chi connectivity index (χ1v) is 5.28. The van der Waals surface area contributed by atoms with E-state index in [0.717, 1.165) is 14.8 Å². The van der Waals surface area contributed by atoms with Gasteiger partial charge in [-0.25, -0.2) is 0 Å². The third-order valence-corrected chi connectivity index (χ3v) is 3.26. The maximum Gasteiger partial charge on any atom is 0.107 e. The van der Waals surface area contributed by atoms with Crippen LogP contribution in [0.1, 0.15) is 16.4 Å². The second-order valence-electron chi connectivity index (χ2n) is 2.85. The monoisotopic (exact) mass is 222 g/mol. The molecule has 0 saturated carbocycles. The fourth-order valence-electron chi connectivity index (χ4n) is 1.30. The summed E-state index contributed by atoms with van der Waals surface area (Å²) in [6.07, 6.45) is 3.65. The lowest BCUT2D eigenvalue weighted by atomic mass is 10.0. The number of hydrogen-bond donors (Lipinski definition) is 1. The SMILES string of the molecule is N#CC(c1cc[nH]c1)c1ccc(Cl)s1. The van der Waals surface area contributed by atoms with Gasteiger partial charge >= 0.3 is 0 Å². The molecule has 0 fully saturated rings. The van der Waals surface area contributed by atoms with Crippen molar-refractivity contribution in [3.05, 3.63) is 45.4 Å². The van der Waals surface area contributed by atoms with Crippen molar-refractivity contribution in [2.24, 2.45) is 0 Å². The molecule has 70 valence electrons. The lowest BCUT2D eigenvalue weighted by molar-refractivity contribution is 1.07. The average molecular weight is 223 g/mol. The molecular weight excluding hydrogens is 216 g/mol. The summed E-state index contributed by atoms with van der Waals surface area (Å²) in [6, 6.07) is 7.88. The van der Waals surface area contributed by atoms with Crippen LogP contribution in [-0.4, -0.2) is 4.98 Å². The Morgan fingerprint density at radius 1 is 1.43 bits per heavy atom. The van der Waals surface area contributed by atoms with Crippen LogP contribution in [0.2, 0.25) is 4.34 Å². The van der Waals surface area contributed by atoms with Gasteiger partial charge in [-0.15, -0.1) is 11.3 Å². The molecule has 14 heavy (non-hydrogen) atoms. The second-order valence-corrected chi connectivity index (χ2v) is 4.59.